The van der Waals surface area contributed by atoms with Crippen LogP contribution in [0.15, 0.2) is 24.4 Å². The molecule has 0 bridgehead atoms. The number of aliphatic carboxylic acids is 1. The summed E-state index contributed by atoms with van der Waals surface area (Å²) in [5, 5.41) is 8.88. The minimum absolute atomic E-state index is 0.472. The van der Waals surface area contributed by atoms with Crippen LogP contribution in [0.5, 0.6) is 0 Å². The summed E-state index contributed by atoms with van der Waals surface area (Å²) in [6, 6.07) is 4.93. The first-order valence-electron chi connectivity index (χ1n) is 5.46. The van der Waals surface area contributed by atoms with Crippen molar-refractivity contribution < 1.29 is 9.90 Å². The number of carboxylic acid groups (broad SMARTS) is 1. The molecule has 0 unspecified atom stereocenters. The summed E-state index contributed by atoms with van der Waals surface area (Å²) in [5.41, 5.74) is 6.65. The molecule has 0 aliphatic rings. The Balaban J connectivity index is 2.43. The molecule has 1 aromatic heterocycles. The zero-order chi connectivity index (χ0) is 12.9. The Labute approximate surface area is 106 Å². The van der Waals surface area contributed by atoms with Crippen LogP contribution in [0.25, 0.3) is 0 Å². The smallest absolute Gasteiger partial charge is 0.321 e. The van der Waals surface area contributed by atoms with Crippen LogP contribution in [-0.4, -0.2) is 32.6 Å². The number of carboxylic acids is 1. The van der Waals surface area contributed by atoms with Gasteiger partial charge in [-0.2, -0.15) is 11.8 Å². The maximum absolute atomic E-state index is 10.8. The Kier molecular flexibility index (Phi) is 4.96. The van der Waals surface area contributed by atoms with E-state index in [1.54, 1.807) is 18.0 Å². The molecule has 0 saturated heterocycles. The molecule has 0 saturated carbocycles. The normalized spacial score (nSPS) is 13.4. The lowest BCUT2D eigenvalue weighted by Crippen LogP contribution is -2.46. The molecule has 0 aromatic carbocycles. The van der Waals surface area contributed by atoms with Crippen LogP contribution in [0.4, 0.5) is 0 Å². The predicted molar refractivity (Wildman–Crippen MR) is 70.1 cm³/mol. The van der Waals surface area contributed by atoms with Crippen molar-refractivity contribution in [3.05, 3.63) is 30.1 Å². The van der Waals surface area contributed by atoms with Crippen LogP contribution in [0.3, 0.4) is 0 Å². The van der Waals surface area contributed by atoms with Gasteiger partial charge in [0.2, 0.25) is 0 Å². The summed E-state index contributed by atoms with van der Waals surface area (Å²) in [6.07, 6.45) is 2.58. The third kappa shape index (κ3) is 4.36. The van der Waals surface area contributed by atoms with Crippen LogP contribution >= 0.6 is 11.8 Å². The largest absolute Gasteiger partial charge is 0.480 e. The van der Waals surface area contributed by atoms with E-state index < -0.39 is 16.8 Å². The van der Waals surface area contributed by atoms with Crippen LogP contribution in [-0.2, 0) is 11.2 Å². The van der Waals surface area contributed by atoms with Crippen molar-refractivity contribution >= 4 is 17.7 Å². The fraction of sp³-hybridized carbons (Fsp3) is 0.500. The van der Waals surface area contributed by atoms with Crippen molar-refractivity contribution in [2.75, 3.05) is 5.75 Å². The number of thioether (sulfide) groups is 1. The second-order valence-corrected chi connectivity index (χ2v) is 6.09. The monoisotopic (exact) mass is 254 g/mol. The molecule has 1 aromatic rings. The number of hydrogen-bond donors (Lipinski definition) is 2. The van der Waals surface area contributed by atoms with Crippen molar-refractivity contribution in [2.24, 2.45) is 5.73 Å². The first kappa shape index (κ1) is 14.0. The molecule has 4 nitrogen and oxygen atoms in total. The lowest BCUT2D eigenvalue weighted by molar-refractivity contribution is -0.139. The molecule has 1 heterocycles. The van der Waals surface area contributed by atoms with E-state index in [0.717, 1.165) is 17.9 Å². The third-order valence-corrected chi connectivity index (χ3v) is 3.98. The number of rotatable bonds is 6. The minimum Gasteiger partial charge on any atom is -0.480 e. The predicted octanol–water partition coefficient (Wildman–Crippen LogP) is 1.55. The van der Waals surface area contributed by atoms with Crippen molar-refractivity contribution in [3.8, 4) is 0 Å². The maximum Gasteiger partial charge on any atom is 0.321 e. The van der Waals surface area contributed by atoms with Gasteiger partial charge in [0.25, 0.3) is 0 Å². The first-order valence-corrected chi connectivity index (χ1v) is 6.44. The summed E-state index contributed by atoms with van der Waals surface area (Å²) in [6.45, 7) is 3.71. The summed E-state index contributed by atoms with van der Waals surface area (Å²) in [5.74, 6) is -0.148. The fourth-order valence-electron chi connectivity index (χ4n) is 1.35. The lowest BCUT2D eigenvalue weighted by atomic mass is 10.1. The summed E-state index contributed by atoms with van der Waals surface area (Å²) in [4.78, 5) is 15.0. The van der Waals surface area contributed by atoms with Crippen LogP contribution in [0.1, 0.15) is 19.5 Å². The van der Waals surface area contributed by atoms with Crippen molar-refractivity contribution in [3.63, 3.8) is 0 Å². The number of aryl methyl sites for hydroxylation is 1. The second-order valence-electron chi connectivity index (χ2n) is 4.34. The van der Waals surface area contributed by atoms with Crippen LogP contribution < -0.4 is 5.73 Å². The number of nitrogens with two attached hydrogens (primary N) is 1. The molecule has 0 fully saturated rings. The second kappa shape index (κ2) is 6.02. The quantitative estimate of drug-likeness (QED) is 0.805. The molecule has 0 spiro atoms. The van der Waals surface area contributed by atoms with Gasteiger partial charge >= 0.3 is 5.97 Å². The minimum atomic E-state index is -0.958. The zero-order valence-electron chi connectivity index (χ0n) is 10.1. The molecule has 17 heavy (non-hydrogen) atoms. The number of carbonyl (C=O) groups is 1. The highest BCUT2D eigenvalue weighted by molar-refractivity contribution is 8.00. The molecule has 1 atom stereocenters. The molecule has 0 aliphatic carbocycles. The molecule has 1 rings (SSSR count). The van der Waals surface area contributed by atoms with E-state index in [1.807, 2.05) is 32.0 Å². The number of aromatic nitrogens is 1. The lowest BCUT2D eigenvalue weighted by Gasteiger charge is -2.27. The van der Waals surface area contributed by atoms with Gasteiger partial charge in [0.1, 0.15) is 6.04 Å². The van der Waals surface area contributed by atoms with Crippen LogP contribution in [0.2, 0.25) is 0 Å². The Morgan fingerprint density at radius 1 is 1.59 bits per heavy atom. The molecular formula is C12H18N2O2S. The Morgan fingerprint density at radius 2 is 2.29 bits per heavy atom. The standard InChI is InChI=1S/C12H18N2O2S/c1-12(2,10(13)11(15)16)17-8-6-9-5-3-4-7-14-9/h3-5,7,10H,6,8,13H2,1-2H3,(H,15,16)/t10-/m0/s1. The van der Waals surface area contributed by atoms with E-state index >= 15 is 0 Å². The maximum atomic E-state index is 10.8. The third-order valence-electron chi connectivity index (χ3n) is 2.57. The topological polar surface area (TPSA) is 76.2 Å². The van der Waals surface area contributed by atoms with Gasteiger partial charge < -0.3 is 10.8 Å². The highest BCUT2D eigenvalue weighted by Gasteiger charge is 2.32. The van der Waals surface area contributed by atoms with E-state index in [1.165, 1.54) is 0 Å². The fourth-order valence-corrected chi connectivity index (χ4v) is 2.47. The van der Waals surface area contributed by atoms with E-state index in [-0.39, 0.29) is 0 Å². The molecule has 0 radical (unpaired) electrons. The number of hydrogen-bond acceptors (Lipinski definition) is 4. The molecular weight excluding hydrogens is 236 g/mol. The van der Waals surface area contributed by atoms with Gasteiger partial charge in [-0.05, 0) is 38.2 Å². The van der Waals surface area contributed by atoms with Gasteiger partial charge in [-0.25, -0.2) is 0 Å². The van der Waals surface area contributed by atoms with E-state index in [2.05, 4.69) is 4.98 Å². The highest BCUT2D eigenvalue weighted by atomic mass is 32.2. The van der Waals surface area contributed by atoms with Crippen molar-refractivity contribution in [2.45, 2.75) is 31.1 Å². The molecule has 0 amide bonds. The van der Waals surface area contributed by atoms with Gasteiger partial charge in [-0.3, -0.25) is 9.78 Å². The Morgan fingerprint density at radius 3 is 2.82 bits per heavy atom. The van der Waals surface area contributed by atoms with E-state index in [4.69, 9.17) is 10.8 Å². The van der Waals surface area contributed by atoms with E-state index in [0.29, 0.717) is 0 Å². The summed E-state index contributed by atoms with van der Waals surface area (Å²) >= 11 is 1.56. The average Bonchev–Trinajstić information content (AvgIpc) is 2.29. The number of nitrogens with zero attached hydrogens (tertiary/aromatic N) is 1. The molecule has 0 aliphatic heterocycles. The average molecular weight is 254 g/mol. The summed E-state index contributed by atoms with van der Waals surface area (Å²) in [7, 11) is 0. The van der Waals surface area contributed by atoms with E-state index in [9.17, 15) is 4.79 Å². The zero-order valence-corrected chi connectivity index (χ0v) is 10.9. The summed E-state index contributed by atoms with van der Waals surface area (Å²) < 4.78 is -0.472. The van der Waals surface area contributed by atoms with Gasteiger partial charge in [-0.1, -0.05) is 6.07 Å². The van der Waals surface area contributed by atoms with Gasteiger partial charge in [0, 0.05) is 16.6 Å². The van der Waals surface area contributed by atoms with Gasteiger partial charge in [0.15, 0.2) is 0 Å². The molecule has 94 valence electrons. The van der Waals surface area contributed by atoms with Crippen molar-refractivity contribution in [1.82, 2.24) is 4.98 Å². The van der Waals surface area contributed by atoms with Crippen molar-refractivity contribution in [1.29, 1.82) is 0 Å². The SMILES string of the molecule is CC(C)(SCCc1ccccn1)[C@@H](N)C(=O)O. The number of pyridine rings is 1. The molecule has 3 N–H and O–H groups in total. The molecule has 5 heteroatoms. The van der Waals surface area contributed by atoms with Crippen LogP contribution in [0, 0.1) is 0 Å². The Hall–Kier alpha value is -1.07. The Bertz CT molecular complexity index is 368. The first-order chi connectivity index (χ1) is 7.93. The highest BCUT2D eigenvalue weighted by Crippen LogP contribution is 2.27. The van der Waals surface area contributed by atoms with Gasteiger partial charge in [0.05, 0.1) is 0 Å². The van der Waals surface area contributed by atoms with Gasteiger partial charge in [-0.15, -0.1) is 0 Å².